The summed E-state index contributed by atoms with van der Waals surface area (Å²) >= 11 is 11.2. The Labute approximate surface area is 99.5 Å². The van der Waals surface area contributed by atoms with Gasteiger partial charge in [0.05, 0.1) is 6.10 Å². The van der Waals surface area contributed by atoms with E-state index in [1.165, 1.54) is 0 Å². The minimum atomic E-state index is -0.896. The van der Waals surface area contributed by atoms with Crippen molar-refractivity contribution in [2.75, 3.05) is 5.88 Å². The lowest BCUT2D eigenvalue weighted by Crippen LogP contribution is -2.18. The van der Waals surface area contributed by atoms with Gasteiger partial charge in [0.1, 0.15) is 6.10 Å². The molecule has 2 nitrogen and oxygen atoms in total. The van der Waals surface area contributed by atoms with Gasteiger partial charge in [-0.15, -0.1) is 23.2 Å². The fraction of sp³-hybridized carbons (Fsp3) is 0.455. The van der Waals surface area contributed by atoms with Gasteiger partial charge in [0.15, 0.2) is 0 Å². The molecule has 2 atom stereocenters. The van der Waals surface area contributed by atoms with E-state index in [1.807, 2.05) is 12.1 Å². The third-order valence-electron chi connectivity index (χ3n) is 2.22. The standard InChI is InChI=1S/C11H14Cl2O2/c12-5-4-10(14)11(15)9-3-1-2-8(6-9)7-13/h1-3,6,10-11,14-15H,4-5,7H2. The molecule has 0 spiro atoms. The van der Waals surface area contributed by atoms with Gasteiger partial charge in [-0.25, -0.2) is 0 Å². The molecule has 0 amide bonds. The molecule has 2 unspecified atom stereocenters. The van der Waals surface area contributed by atoms with Gasteiger partial charge in [0.2, 0.25) is 0 Å². The highest BCUT2D eigenvalue weighted by atomic mass is 35.5. The van der Waals surface area contributed by atoms with Gasteiger partial charge in [-0.1, -0.05) is 24.3 Å². The van der Waals surface area contributed by atoms with Crippen molar-refractivity contribution in [1.82, 2.24) is 0 Å². The monoisotopic (exact) mass is 248 g/mol. The van der Waals surface area contributed by atoms with Crippen LogP contribution in [-0.4, -0.2) is 22.2 Å². The summed E-state index contributed by atoms with van der Waals surface area (Å²) in [5.74, 6) is 0.722. The molecule has 1 rings (SSSR count). The maximum Gasteiger partial charge on any atom is 0.105 e. The van der Waals surface area contributed by atoms with E-state index < -0.39 is 12.2 Å². The van der Waals surface area contributed by atoms with E-state index in [1.54, 1.807) is 12.1 Å². The fourth-order valence-corrected chi connectivity index (χ4v) is 1.74. The molecule has 0 aliphatic rings. The number of alkyl halides is 2. The predicted octanol–water partition coefficient (Wildman–Crippen LogP) is 2.45. The van der Waals surface area contributed by atoms with Crippen LogP contribution in [0.3, 0.4) is 0 Å². The number of aliphatic hydroxyl groups is 2. The fourth-order valence-electron chi connectivity index (χ4n) is 1.35. The predicted molar refractivity (Wildman–Crippen MR) is 62.3 cm³/mol. The molecular weight excluding hydrogens is 235 g/mol. The Morgan fingerprint density at radius 1 is 1.20 bits per heavy atom. The number of rotatable bonds is 5. The molecule has 15 heavy (non-hydrogen) atoms. The quantitative estimate of drug-likeness (QED) is 0.787. The highest BCUT2D eigenvalue weighted by Crippen LogP contribution is 2.20. The topological polar surface area (TPSA) is 40.5 Å². The highest BCUT2D eigenvalue weighted by Gasteiger charge is 2.17. The van der Waals surface area contributed by atoms with Crippen molar-refractivity contribution in [1.29, 1.82) is 0 Å². The molecule has 0 saturated heterocycles. The summed E-state index contributed by atoms with van der Waals surface area (Å²) in [6.07, 6.45) is -1.35. The van der Waals surface area contributed by atoms with Crippen molar-refractivity contribution in [3.8, 4) is 0 Å². The summed E-state index contributed by atoms with van der Waals surface area (Å²) in [5, 5.41) is 19.4. The lowest BCUT2D eigenvalue weighted by atomic mass is 10.0. The van der Waals surface area contributed by atoms with Crippen LogP contribution in [0.2, 0.25) is 0 Å². The van der Waals surface area contributed by atoms with Crippen LogP contribution in [0.4, 0.5) is 0 Å². The van der Waals surface area contributed by atoms with E-state index >= 15 is 0 Å². The first-order valence-corrected chi connectivity index (χ1v) is 5.83. The first kappa shape index (κ1) is 12.8. The van der Waals surface area contributed by atoms with Crippen LogP contribution in [0.25, 0.3) is 0 Å². The summed E-state index contributed by atoms with van der Waals surface area (Å²) in [5.41, 5.74) is 1.59. The molecule has 0 radical (unpaired) electrons. The van der Waals surface area contributed by atoms with Crippen LogP contribution >= 0.6 is 23.2 Å². The summed E-state index contributed by atoms with van der Waals surface area (Å²) in [4.78, 5) is 0. The molecule has 2 N–H and O–H groups in total. The van der Waals surface area contributed by atoms with Crippen LogP contribution in [-0.2, 0) is 5.88 Å². The molecule has 0 aliphatic heterocycles. The second-order valence-electron chi connectivity index (χ2n) is 3.37. The van der Waals surface area contributed by atoms with Crippen LogP contribution in [0.15, 0.2) is 24.3 Å². The molecule has 0 fully saturated rings. The molecule has 84 valence electrons. The number of halogens is 2. The van der Waals surface area contributed by atoms with Crippen LogP contribution < -0.4 is 0 Å². The van der Waals surface area contributed by atoms with E-state index in [2.05, 4.69) is 0 Å². The largest absolute Gasteiger partial charge is 0.390 e. The Morgan fingerprint density at radius 3 is 2.53 bits per heavy atom. The van der Waals surface area contributed by atoms with Gasteiger partial charge in [-0.2, -0.15) is 0 Å². The maximum atomic E-state index is 9.79. The second kappa shape index (κ2) is 6.33. The van der Waals surface area contributed by atoms with E-state index in [9.17, 15) is 10.2 Å². The minimum absolute atomic E-state index is 0.327. The minimum Gasteiger partial charge on any atom is -0.390 e. The van der Waals surface area contributed by atoms with Gasteiger partial charge in [0.25, 0.3) is 0 Å². The van der Waals surface area contributed by atoms with Gasteiger partial charge in [0, 0.05) is 11.8 Å². The van der Waals surface area contributed by atoms with Crippen LogP contribution in [0.1, 0.15) is 23.7 Å². The third-order valence-corrected chi connectivity index (χ3v) is 2.74. The van der Waals surface area contributed by atoms with Crippen molar-refractivity contribution in [2.45, 2.75) is 24.5 Å². The Hall–Kier alpha value is -0.280. The number of hydrogen-bond acceptors (Lipinski definition) is 2. The van der Waals surface area contributed by atoms with Crippen molar-refractivity contribution in [2.24, 2.45) is 0 Å². The Morgan fingerprint density at radius 2 is 1.93 bits per heavy atom. The zero-order valence-electron chi connectivity index (χ0n) is 8.24. The SMILES string of the molecule is OC(CCCl)C(O)c1cccc(CCl)c1. The lowest BCUT2D eigenvalue weighted by molar-refractivity contribution is 0.0170. The first-order valence-electron chi connectivity index (χ1n) is 4.76. The van der Waals surface area contributed by atoms with Crippen molar-refractivity contribution in [3.63, 3.8) is 0 Å². The Balaban J connectivity index is 2.76. The van der Waals surface area contributed by atoms with Crippen LogP contribution in [0, 0.1) is 0 Å². The highest BCUT2D eigenvalue weighted by molar-refractivity contribution is 6.17. The van der Waals surface area contributed by atoms with Crippen LogP contribution in [0.5, 0.6) is 0 Å². The maximum absolute atomic E-state index is 9.79. The van der Waals surface area contributed by atoms with Crippen molar-refractivity contribution in [3.05, 3.63) is 35.4 Å². The first-order chi connectivity index (χ1) is 7.19. The molecule has 1 aromatic rings. The molecule has 0 aromatic heterocycles. The van der Waals surface area contributed by atoms with Gasteiger partial charge >= 0.3 is 0 Å². The normalized spacial score (nSPS) is 14.9. The molecule has 0 aliphatic carbocycles. The van der Waals surface area contributed by atoms with Crippen molar-refractivity contribution < 1.29 is 10.2 Å². The zero-order valence-corrected chi connectivity index (χ0v) is 9.75. The zero-order chi connectivity index (χ0) is 11.3. The summed E-state index contributed by atoms with van der Waals surface area (Å²) in [6, 6.07) is 7.23. The molecule has 1 aromatic carbocycles. The van der Waals surface area contributed by atoms with E-state index in [0.717, 1.165) is 5.56 Å². The molecular formula is C11H14Cl2O2. The lowest BCUT2D eigenvalue weighted by Gasteiger charge is -2.17. The average Bonchev–Trinajstić information content (AvgIpc) is 2.28. The van der Waals surface area contributed by atoms with E-state index in [-0.39, 0.29) is 0 Å². The summed E-state index contributed by atoms with van der Waals surface area (Å²) in [6.45, 7) is 0. The van der Waals surface area contributed by atoms with Gasteiger partial charge in [-0.05, 0) is 17.5 Å². The average molecular weight is 249 g/mol. The number of aliphatic hydroxyl groups excluding tert-OH is 2. The molecule has 4 heteroatoms. The molecule has 0 bridgehead atoms. The third kappa shape index (κ3) is 3.65. The molecule has 0 saturated carbocycles. The number of benzene rings is 1. The Bertz CT molecular complexity index is 304. The smallest absolute Gasteiger partial charge is 0.105 e. The van der Waals surface area contributed by atoms with E-state index in [0.29, 0.717) is 23.7 Å². The Kier molecular flexibility index (Phi) is 5.40. The summed E-state index contributed by atoms with van der Waals surface area (Å²) < 4.78 is 0. The van der Waals surface area contributed by atoms with Gasteiger partial charge < -0.3 is 10.2 Å². The number of hydrogen-bond donors (Lipinski definition) is 2. The second-order valence-corrected chi connectivity index (χ2v) is 4.01. The van der Waals surface area contributed by atoms with Gasteiger partial charge in [-0.3, -0.25) is 0 Å². The molecule has 0 heterocycles. The van der Waals surface area contributed by atoms with E-state index in [4.69, 9.17) is 23.2 Å². The summed E-state index contributed by atoms with van der Waals surface area (Å²) in [7, 11) is 0. The van der Waals surface area contributed by atoms with Crippen molar-refractivity contribution >= 4 is 23.2 Å².